The molecule has 0 amide bonds. The first-order valence-corrected chi connectivity index (χ1v) is 6.28. The molecule has 2 fully saturated rings. The monoisotopic (exact) mass is 217 g/mol. The molecule has 1 aromatic carbocycles. The van der Waals surface area contributed by atoms with Gasteiger partial charge < -0.3 is 10.1 Å². The second kappa shape index (κ2) is 4.56. The lowest BCUT2D eigenvalue weighted by Gasteiger charge is -2.31. The zero-order valence-corrected chi connectivity index (χ0v) is 9.56. The fourth-order valence-corrected chi connectivity index (χ4v) is 3.08. The molecular formula is C14H19NO. The van der Waals surface area contributed by atoms with Crippen LogP contribution in [-0.2, 0) is 11.3 Å². The zero-order valence-electron chi connectivity index (χ0n) is 9.56. The van der Waals surface area contributed by atoms with Gasteiger partial charge in [-0.1, -0.05) is 30.3 Å². The molecule has 3 atom stereocenters. The van der Waals surface area contributed by atoms with Crippen LogP contribution in [0.25, 0.3) is 0 Å². The van der Waals surface area contributed by atoms with Gasteiger partial charge in [0.1, 0.15) is 0 Å². The molecule has 1 saturated carbocycles. The van der Waals surface area contributed by atoms with Crippen molar-refractivity contribution >= 4 is 0 Å². The molecule has 2 nitrogen and oxygen atoms in total. The largest absolute Gasteiger partial charge is 0.381 e. The smallest absolute Gasteiger partial charge is 0.0509 e. The first kappa shape index (κ1) is 10.3. The van der Waals surface area contributed by atoms with Crippen LogP contribution in [0.15, 0.2) is 30.3 Å². The van der Waals surface area contributed by atoms with Crippen LogP contribution in [0.1, 0.15) is 18.4 Å². The molecule has 1 N–H and O–H groups in total. The number of hydrogen-bond donors (Lipinski definition) is 1. The van der Waals surface area contributed by atoms with Crippen molar-refractivity contribution in [2.24, 2.45) is 11.8 Å². The topological polar surface area (TPSA) is 21.3 Å². The molecular weight excluding hydrogens is 198 g/mol. The lowest BCUT2D eigenvalue weighted by atomic mass is 9.96. The Hall–Kier alpha value is -0.860. The van der Waals surface area contributed by atoms with Crippen LogP contribution in [-0.4, -0.2) is 19.3 Å². The second-order valence-corrected chi connectivity index (χ2v) is 5.03. The molecule has 1 aliphatic heterocycles. The molecule has 0 radical (unpaired) electrons. The minimum Gasteiger partial charge on any atom is -0.381 e. The Morgan fingerprint density at radius 2 is 1.75 bits per heavy atom. The summed E-state index contributed by atoms with van der Waals surface area (Å²) in [5.41, 5.74) is 1.38. The van der Waals surface area contributed by atoms with Crippen molar-refractivity contribution in [1.82, 2.24) is 5.32 Å². The number of fused-ring (bicyclic) bond motifs is 2. The normalized spacial score (nSPS) is 32.9. The highest BCUT2D eigenvalue weighted by Gasteiger charge is 2.39. The summed E-state index contributed by atoms with van der Waals surface area (Å²) in [5, 5.41) is 3.72. The van der Waals surface area contributed by atoms with Crippen LogP contribution in [0.2, 0.25) is 0 Å². The van der Waals surface area contributed by atoms with E-state index in [0.717, 1.165) is 31.6 Å². The second-order valence-electron chi connectivity index (χ2n) is 5.03. The Morgan fingerprint density at radius 1 is 1.06 bits per heavy atom. The van der Waals surface area contributed by atoms with Gasteiger partial charge in [-0.05, 0) is 30.2 Å². The number of nitrogens with one attached hydrogen (secondary N) is 1. The summed E-state index contributed by atoms with van der Waals surface area (Å²) < 4.78 is 5.60. The molecule has 2 bridgehead atoms. The first-order chi connectivity index (χ1) is 7.93. The highest BCUT2D eigenvalue weighted by atomic mass is 16.5. The summed E-state index contributed by atoms with van der Waals surface area (Å²) in [5.74, 6) is 1.50. The summed E-state index contributed by atoms with van der Waals surface area (Å²) in [6.45, 7) is 2.92. The number of benzene rings is 1. The van der Waals surface area contributed by atoms with Crippen molar-refractivity contribution in [3.63, 3.8) is 0 Å². The number of ether oxygens (including phenoxy) is 1. The molecule has 16 heavy (non-hydrogen) atoms. The molecule has 86 valence electrons. The van der Waals surface area contributed by atoms with E-state index in [9.17, 15) is 0 Å². The Morgan fingerprint density at radius 3 is 2.44 bits per heavy atom. The first-order valence-electron chi connectivity index (χ1n) is 6.28. The van der Waals surface area contributed by atoms with E-state index in [0.29, 0.717) is 6.04 Å². The van der Waals surface area contributed by atoms with Crippen LogP contribution >= 0.6 is 0 Å². The fourth-order valence-electron chi connectivity index (χ4n) is 3.08. The molecule has 3 rings (SSSR count). The maximum absolute atomic E-state index is 5.60. The van der Waals surface area contributed by atoms with E-state index in [2.05, 4.69) is 35.6 Å². The average Bonchev–Trinajstić information content (AvgIpc) is 2.57. The minimum atomic E-state index is 0.689. The van der Waals surface area contributed by atoms with Crippen molar-refractivity contribution in [3.05, 3.63) is 35.9 Å². The van der Waals surface area contributed by atoms with Gasteiger partial charge in [-0.25, -0.2) is 0 Å². The Balaban J connectivity index is 1.59. The SMILES string of the molecule is c1ccc(CNC2[C@@H]3CC[C@H]2COC3)cc1. The van der Waals surface area contributed by atoms with Gasteiger partial charge in [0.05, 0.1) is 13.2 Å². The van der Waals surface area contributed by atoms with Crippen LogP contribution in [0.3, 0.4) is 0 Å². The van der Waals surface area contributed by atoms with Gasteiger partial charge in [0.25, 0.3) is 0 Å². The van der Waals surface area contributed by atoms with Crippen LogP contribution in [0, 0.1) is 11.8 Å². The lowest BCUT2D eigenvalue weighted by molar-refractivity contribution is 0.0231. The third-order valence-electron chi connectivity index (χ3n) is 3.97. The summed E-state index contributed by atoms with van der Waals surface area (Å²) in [6, 6.07) is 11.4. The lowest BCUT2D eigenvalue weighted by Crippen LogP contribution is -2.43. The Bertz CT molecular complexity index is 322. The average molecular weight is 217 g/mol. The maximum Gasteiger partial charge on any atom is 0.0509 e. The highest BCUT2D eigenvalue weighted by molar-refractivity contribution is 5.14. The maximum atomic E-state index is 5.60. The van der Waals surface area contributed by atoms with Crippen LogP contribution < -0.4 is 5.32 Å². The fraction of sp³-hybridized carbons (Fsp3) is 0.571. The van der Waals surface area contributed by atoms with E-state index in [4.69, 9.17) is 4.74 Å². The number of rotatable bonds is 3. The van der Waals surface area contributed by atoms with E-state index in [1.54, 1.807) is 0 Å². The highest BCUT2D eigenvalue weighted by Crippen LogP contribution is 2.35. The third-order valence-corrected chi connectivity index (χ3v) is 3.97. The molecule has 1 aliphatic carbocycles. The molecule has 2 aliphatic rings. The predicted octanol–water partition coefficient (Wildman–Crippen LogP) is 2.20. The summed E-state index contributed by atoms with van der Waals surface area (Å²) in [6.07, 6.45) is 2.69. The summed E-state index contributed by atoms with van der Waals surface area (Å²) >= 11 is 0. The summed E-state index contributed by atoms with van der Waals surface area (Å²) in [4.78, 5) is 0. The third kappa shape index (κ3) is 2.00. The number of hydrogen-bond acceptors (Lipinski definition) is 2. The van der Waals surface area contributed by atoms with Gasteiger partial charge >= 0.3 is 0 Å². The Kier molecular flexibility index (Phi) is 2.94. The molecule has 1 aromatic rings. The van der Waals surface area contributed by atoms with Crippen molar-refractivity contribution in [2.75, 3.05) is 13.2 Å². The van der Waals surface area contributed by atoms with Gasteiger partial charge in [0.15, 0.2) is 0 Å². The van der Waals surface area contributed by atoms with E-state index in [1.807, 2.05) is 0 Å². The van der Waals surface area contributed by atoms with Crippen molar-refractivity contribution in [1.29, 1.82) is 0 Å². The van der Waals surface area contributed by atoms with Gasteiger partial charge in [0, 0.05) is 12.6 Å². The predicted molar refractivity (Wildman–Crippen MR) is 64.1 cm³/mol. The van der Waals surface area contributed by atoms with Crippen molar-refractivity contribution in [3.8, 4) is 0 Å². The zero-order chi connectivity index (χ0) is 10.8. The summed E-state index contributed by atoms with van der Waals surface area (Å²) in [7, 11) is 0. The van der Waals surface area contributed by atoms with Crippen molar-refractivity contribution < 1.29 is 4.74 Å². The quantitative estimate of drug-likeness (QED) is 0.838. The van der Waals surface area contributed by atoms with Gasteiger partial charge in [-0.3, -0.25) is 0 Å². The standard InChI is InChI=1S/C14H19NO/c1-2-4-11(5-3-1)8-15-14-12-6-7-13(14)10-16-9-12/h1-5,12-15H,6-10H2/t12-,13+,14?. The molecule has 1 unspecified atom stereocenters. The molecule has 1 heterocycles. The van der Waals surface area contributed by atoms with Gasteiger partial charge in [-0.2, -0.15) is 0 Å². The molecule has 0 aromatic heterocycles. The minimum absolute atomic E-state index is 0.689. The molecule has 2 heteroatoms. The molecule has 0 spiro atoms. The van der Waals surface area contributed by atoms with Gasteiger partial charge in [-0.15, -0.1) is 0 Å². The van der Waals surface area contributed by atoms with E-state index in [-0.39, 0.29) is 0 Å². The van der Waals surface area contributed by atoms with Crippen LogP contribution in [0.5, 0.6) is 0 Å². The van der Waals surface area contributed by atoms with E-state index in [1.165, 1.54) is 18.4 Å². The Labute approximate surface area is 97.0 Å². The van der Waals surface area contributed by atoms with E-state index >= 15 is 0 Å². The van der Waals surface area contributed by atoms with Crippen molar-refractivity contribution in [2.45, 2.75) is 25.4 Å². The van der Waals surface area contributed by atoms with E-state index < -0.39 is 0 Å². The molecule has 1 saturated heterocycles. The van der Waals surface area contributed by atoms with Crippen LogP contribution in [0.4, 0.5) is 0 Å². The van der Waals surface area contributed by atoms with Gasteiger partial charge in [0.2, 0.25) is 0 Å².